The Balaban J connectivity index is 2.10. The summed E-state index contributed by atoms with van der Waals surface area (Å²) in [6.45, 7) is 4.27. The van der Waals surface area contributed by atoms with E-state index in [1.807, 2.05) is 12.3 Å². The average Bonchev–Trinajstić information content (AvgIpc) is 3.20. The Bertz CT molecular complexity index is 551. The lowest BCUT2D eigenvalue weighted by Crippen LogP contribution is -2.25. The molecule has 0 aliphatic heterocycles. The van der Waals surface area contributed by atoms with Crippen molar-refractivity contribution >= 4 is 21.8 Å². The third-order valence-corrected chi connectivity index (χ3v) is 5.53. The minimum atomic E-state index is -3.38. The summed E-state index contributed by atoms with van der Waals surface area (Å²) >= 11 is 1.63. The van der Waals surface area contributed by atoms with E-state index in [-0.39, 0.29) is 0 Å². The van der Waals surface area contributed by atoms with Crippen LogP contribution in [0.5, 0.6) is 0 Å². The van der Waals surface area contributed by atoms with Crippen LogP contribution in [0.25, 0.3) is 0 Å². The summed E-state index contributed by atoms with van der Waals surface area (Å²) in [7, 11) is -3.38. The second-order valence-corrected chi connectivity index (χ2v) is 8.13. The molecule has 0 atom stereocenters. The van der Waals surface area contributed by atoms with Crippen molar-refractivity contribution in [1.29, 1.82) is 0 Å². The Kier molecular flexibility index (Phi) is 6.16. The van der Waals surface area contributed by atoms with Gasteiger partial charge in [0, 0.05) is 36.8 Å². The molecule has 5 nitrogen and oxygen atoms in total. The third-order valence-electron chi connectivity index (χ3n) is 3.49. The zero-order valence-corrected chi connectivity index (χ0v) is 14.4. The molecule has 1 aromatic heterocycles. The van der Waals surface area contributed by atoms with Gasteiger partial charge in [0.1, 0.15) is 0 Å². The number of nitrogens with zero attached hydrogens (tertiary/aromatic N) is 1. The van der Waals surface area contributed by atoms with E-state index < -0.39 is 10.0 Å². The average molecular weight is 332 g/mol. The molecule has 2 rings (SSSR count). The molecule has 1 aromatic rings. The summed E-state index contributed by atoms with van der Waals surface area (Å²) in [5.41, 5.74) is 1.07. The Morgan fingerprint density at radius 2 is 2.14 bits per heavy atom. The summed E-state index contributed by atoms with van der Waals surface area (Å²) < 4.78 is 29.4. The van der Waals surface area contributed by atoms with Gasteiger partial charge in [0.2, 0.25) is 10.0 Å². The van der Waals surface area contributed by atoms with E-state index in [2.05, 4.69) is 21.5 Å². The standard InChI is InChI=1S/C14H25N3O2S2/c1-3-6-15-10-13-9-14(11-17(13)12-4-5-12)21(18,19)16-7-8-20-2/h9,11-12,15-16H,3-8,10H2,1-2H3. The van der Waals surface area contributed by atoms with Crippen LogP contribution in [0.3, 0.4) is 0 Å². The molecule has 7 heteroatoms. The van der Waals surface area contributed by atoms with Gasteiger partial charge in [-0.3, -0.25) is 0 Å². The molecule has 1 saturated carbocycles. The summed E-state index contributed by atoms with van der Waals surface area (Å²) in [6, 6.07) is 2.29. The van der Waals surface area contributed by atoms with E-state index in [9.17, 15) is 8.42 Å². The molecule has 0 unspecified atom stereocenters. The molecule has 0 bridgehead atoms. The number of hydrogen-bond acceptors (Lipinski definition) is 4. The van der Waals surface area contributed by atoms with Crippen molar-refractivity contribution in [3.8, 4) is 0 Å². The minimum Gasteiger partial charge on any atom is -0.346 e. The molecule has 1 fully saturated rings. The molecular weight excluding hydrogens is 306 g/mol. The van der Waals surface area contributed by atoms with Crippen molar-refractivity contribution in [3.63, 3.8) is 0 Å². The molecule has 0 radical (unpaired) electrons. The van der Waals surface area contributed by atoms with E-state index >= 15 is 0 Å². The molecule has 1 heterocycles. The number of nitrogens with one attached hydrogen (secondary N) is 2. The first-order valence-corrected chi connectivity index (χ1v) is 10.4. The van der Waals surface area contributed by atoms with Crippen molar-refractivity contribution in [2.45, 2.75) is 43.7 Å². The van der Waals surface area contributed by atoms with Crippen LogP contribution in [0.1, 0.15) is 37.9 Å². The topological polar surface area (TPSA) is 63.1 Å². The molecule has 0 amide bonds. The summed E-state index contributed by atoms with van der Waals surface area (Å²) in [4.78, 5) is 0.392. The maximum atomic E-state index is 12.3. The Labute approximate surface area is 131 Å². The number of rotatable bonds is 10. The SMILES string of the molecule is CCCNCc1cc(S(=O)(=O)NCCSC)cn1C1CC1. The molecule has 0 saturated heterocycles. The van der Waals surface area contributed by atoms with Gasteiger partial charge in [-0.2, -0.15) is 11.8 Å². The van der Waals surface area contributed by atoms with Gasteiger partial charge in [-0.25, -0.2) is 13.1 Å². The first-order chi connectivity index (χ1) is 10.1. The van der Waals surface area contributed by atoms with Crippen molar-refractivity contribution in [2.75, 3.05) is 25.1 Å². The lowest BCUT2D eigenvalue weighted by atomic mass is 10.4. The Morgan fingerprint density at radius 3 is 2.76 bits per heavy atom. The van der Waals surface area contributed by atoms with E-state index in [1.54, 1.807) is 18.0 Å². The Morgan fingerprint density at radius 1 is 1.38 bits per heavy atom. The van der Waals surface area contributed by atoms with E-state index in [1.165, 1.54) is 0 Å². The lowest BCUT2D eigenvalue weighted by molar-refractivity contribution is 0.583. The lowest BCUT2D eigenvalue weighted by Gasteiger charge is -2.07. The molecule has 1 aliphatic rings. The van der Waals surface area contributed by atoms with Gasteiger partial charge in [0.25, 0.3) is 0 Å². The molecule has 1 aliphatic carbocycles. The highest BCUT2D eigenvalue weighted by Gasteiger charge is 2.28. The van der Waals surface area contributed by atoms with Crippen molar-refractivity contribution in [2.24, 2.45) is 0 Å². The van der Waals surface area contributed by atoms with Gasteiger partial charge in [-0.05, 0) is 38.1 Å². The monoisotopic (exact) mass is 331 g/mol. The molecule has 2 N–H and O–H groups in total. The van der Waals surface area contributed by atoms with Gasteiger partial charge < -0.3 is 9.88 Å². The minimum absolute atomic E-state index is 0.392. The second kappa shape index (κ2) is 7.67. The fraction of sp³-hybridized carbons (Fsp3) is 0.714. The molecule has 0 aromatic carbocycles. The fourth-order valence-electron chi connectivity index (χ4n) is 2.23. The van der Waals surface area contributed by atoms with Crippen LogP contribution in [-0.2, 0) is 16.6 Å². The van der Waals surface area contributed by atoms with Gasteiger partial charge in [-0.1, -0.05) is 6.92 Å². The van der Waals surface area contributed by atoms with Gasteiger partial charge >= 0.3 is 0 Å². The van der Waals surface area contributed by atoms with E-state index in [4.69, 9.17) is 0 Å². The highest BCUT2D eigenvalue weighted by molar-refractivity contribution is 7.98. The fourth-order valence-corrected chi connectivity index (χ4v) is 3.75. The number of aromatic nitrogens is 1. The zero-order chi connectivity index (χ0) is 15.3. The zero-order valence-electron chi connectivity index (χ0n) is 12.8. The van der Waals surface area contributed by atoms with Crippen LogP contribution < -0.4 is 10.0 Å². The van der Waals surface area contributed by atoms with Crippen LogP contribution in [0, 0.1) is 0 Å². The van der Waals surface area contributed by atoms with Crippen LogP contribution in [0.2, 0.25) is 0 Å². The number of sulfonamides is 1. The predicted molar refractivity (Wildman–Crippen MR) is 88.3 cm³/mol. The third kappa shape index (κ3) is 4.74. The second-order valence-electron chi connectivity index (χ2n) is 5.37. The normalized spacial score (nSPS) is 15.5. The number of hydrogen-bond donors (Lipinski definition) is 2. The molecule has 0 spiro atoms. The van der Waals surface area contributed by atoms with Crippen LogP contribution >= 0.6 is 11.8 Å². The largest absolute Gasteiger partial charge is 0.346 e. The van der Waals surface area contributed by atoms with E-state index in [0.717, 1.165) is 43.8 Å². The summed E-state index contributed by atoms with van der Waals surface area (Å²) in [5, 5.41) is 3.35. The summed E-state index contributed by atoms with van der Waals surface area (Å²) in [6.07, 6.45) is 7.13. The van der Waals surface area contributed by atoms with Gasteiger partial charge in [0.15, 0.2) is 0 Å². The first kappa shape index (κ1) is 16.9. The van der Waals surface area contributed by atoms with Crippen molar-refractivity contribution in [1.82, 2.24) is 14.6 Å². The quantitative estimate of drug-likeness (QED) is 0.644. The first-order valence-electron chi connectivity index (χ1n) is 7.48. The maximum Gasteiger partial charge on any atom is 0.242 e. The smallest absolute Gasteiger partial charge is 0.242 e. The predicted octanol–water partition coefficient (Wildman–Crippen LogP) is 1.96. The summed E-state index contributed by atoms with van der Waals surface area (Å²) in [5.74, 6) is 0.785. The van der Waals surface area contributed by atoms with Crippen LogP contribution in [0.15, 0.2) is 17.2 Å². The van der Waals surface area contributed by atoms with Crippen molar-refractivity contribution in [3.05, 3.63) is 18.0 Å². The Hall–Kier alpha value is -0.500. The number of thioether (sulfide) groups is 1. The van der Waals surface area contributed by atoms with E-state index in [0.29, 0.717) is 17.5 Å². The van der Waals surface area contributed by atoms with Gasteiger partial charge in [-0.15, -0.1) is 0 Å². The van der Waals surface area contributed by atoms with Crippen molar-refractivity contribution < 1.29 is 8.42 Å². The highest BCUT2D eigenvalue weighted by Crippen LogP contribution is 2.37. The molecule has 21 heavy (non-hydrogen) atoms. The van der Waals surface area contributed by atoms with Crippen LogP contribution in [-0.4, -0.2) is 38.1 Å². The van der Waals surface area contributed by atoms with Gasteiger partial charge in [0.05, 0.1) is 4.90 Å². The molecular formula is C14H25N3O2S2. The highest BCUT2D eigenvalue weighted by atomic mass is 32.2. The van der Waals surface area contributed by atoms with Crippen LogP contribution in [0.4, 0.5) is 0 Å². The maximum absolute atomic E-state index is 12.3. The molecule has 120 valence electrons.